The van der Waals surface area contributed by atoms with Crippen LogP contribution in [0.1, 0.15) is 43.1 Å². The Labute approximate surface area is 281 Å². The van der Waals surface area contributed by atoms with Crippen LogP contribution in [0.25, 0.3) is 0 Å². The molecule has 17 nitrogen and oxygen atoms in total. The minimum Gasteiger partial charge on any atom is -0.870 e. The molecule has 0 radical (unpaired) electrons. The van der Waals surface area contributed by atoms with Gasteiger partial charge in [0.05, 0.1) is 31.7 Å². The van der Waals surface area contributed by atoms with E-state index < -0.39 is 32.4 Å². The van der Waals surface area contributed by atoms with Crippen molar-refractivity contribution in [3.8, 4) is 21.9 Å². The molecule has 2 aromatic carbocycles. The van der Waals surface area contributed by atoms with E-state index in [1.165, 1.54) is 0 Å². The van der Waals surface area contributed by atoms with Crippen LogP contribution in [0.2, 0.25) is 0 Å². The van der Waals surface area contributed by atoms with E-state index in [0.717, 1.165) is 28.2 Å². The molecule has 6 rings (SSSR count). The van der Waals surface area contributed by atoms with Gasteiger partial charge in [0.15, 0.2) is 0 Å². The summed E-state index contributed by atoms with van der Waals surface area (Å²) < 4.78 is 26.6. The third-order valence-electron chi connectivity index (χ3n) is 6.20. The van der Waals surface area contributed by atoms with Crippen LogP contribution in [0.15, 0.2) is 36.4 Å². The Morgan fingerprint density at radius 2 is 1.30 bits per heavy atom. The number of carboxylic acid groups (broad SMARTS) is 1. The van der Waals surface area contributed by atoms with Crippen LogP contribution in [0.3, 0.4) is 0 Å². The van der Waals surface area contributed by atoms with E-state index in [0.29, 0.717) is 44.9 Å². The molecule has 0 fully saturated rings. The van der Waals surface area contributed by atoms with Gasteiger partial charge in [-0.05, 0) is 75.9 Å². The van der Waals surface area contributed by atoms with E-state index >= 15 is 0 Å². The van der Waals surface area contributed by atoms with E-state index in [2.05, 4.69) is 20.4 Å². The van der Waals surface area contributed by atoms with Crippen LogP contribution in [0.5, 0.6) is 21.9 Å². The number of aromatic nitrogens is 4. The molecular formula is C24H25B2LiN6O11S2. The second-order valence-corrected chi connectivity index (χ2v) is 11.1. The van der Waals surface area contributed by atoms with Gasteiger partial charge in [-0.1, -0.05) is 22.3 Å². The summed E-state index contributed by atoms with van der Waals surface area (Å²) >= 11 is 2.20. The molecule has 0 saturated carbocycles. The molecule has 4 aromatic rings. The predicted molar refractivity (Wildman–Crippen MR) is 160 cm³/mol. The monoisotopic (exact) mass is 666 g/mol. The molecule has 8 N–H and O–H groups in total. The number of carbonyl (C=O) groups excluding carboxylic acids is 1. The Kier molecular flexibility index (Phi) is 12.9. The summed E-state index contributed by atoms with van der Waals surface area (Å²) in [5.41, 5.74) is 13.4. The first-order valence-electron chi connectivity index (χ1n) is 13.0. The number of hydrogen-bond acceptors (Lipinski definition) is 18. The molecule has 46 heavy (non-hydrogen) atoms. The molecule has 2 atom stereocenters. The topological polar surface area (TPSA) is 275 Å². The largest absolute Gasteiger partial charge is 1.00 e. The van der Waals surface area contributed by atoms with Gasteiger partial charge in [0.1, 0.15) is 11.5 Å². The van der Waals surface area contributed by atoms with Crippen LogP contribution >= 0.6 is 22.7 Å². The van der Waals surface area contributed by atoms with Crippen LogP contribution in [0, 0.1) is 0 Å². The molecule has 4 heterocycles. The fourth-order valence-corrected chi connectivity index (χ4v) is 5.38. The average molecular weight is 666 g/mol. The molecule has 0 bridgehead atoms. The number of carbonyl (C=O) groups is 2. The zero-order valence-corrected chi connectivity index (χ0v) is 25.9. The number of rotatable bonds is 9. The average Bonchev–Trinajstić information content (AvgIpc) is 3.72. The maximum Gasteiger partial charge on any atom is 1.00 e. The van der Waals surface area contributed by atoms with Crippen molar-refractivity contribution >= 4 is 70.0 Å². The molecule has 2 aromatic heterocycles. The van der Waals surface area contributed by atoms with Crippen LogP contribution < -0.4 is 50.7 Å². The number of nitrogens with two attached hydrogens (primary N) is 2. The summed E-state index contributed by atoms with van der Waals surface area (Å²) in [7, 11) is -2.29. The fraction of sp³-hybridized carbons (Fsp3) is 0.250. The van der Waals surface area contributed by atoms with Crippen molar-refractivity contribution in [3.63, 3.8) is 0 Å². The van der Waals surface area contributed by atoms with Gasteiger partial charge in [0, 0.05) is 0 Å². The number of fused-ring (bicyclic) bond motifs is 2. The van der Waals surface area contributed by atoms with Crippen molar-refractivity contribution in [1.82, 2.24) is 20.4 Å². The molecule has 0 saturated heterocycles. The summed E-state index contributed by atoms with van der Waals surface area (Å²) in [6.45, 7) is 2.04. The molecule has 236 valence electrons. The standard InChI is InChI=1S/C13H14BN3O5S.C11H10BN3O5S.Li.H2O/c1-2-20-11(18)6-10-8-4-3-7(5-9(8)14(19)22-10)21-13-17-16-12(15)23-13;13-10-14-15-11(21-10)19-5-1-2-6-7(3-5)12(18)20-8(6)4-9(16)17;;/h3-5,10,19H,2,6H2,1H3,(H2,15,16);1-3,8,18H,4H2,(H2,13,14)(H,16,17);;1H2/q;;+1;/p-1. The molecular weight excluding hydrogens is 641 g/mol. The van der Waals surface area contributed by atoms with Crippen LogP contribution in [-0.2, 0) is 23.6 Å². The van der Waals surface area contributed by atoms with Crippen molar-refractivity contribution in [3.05, 3.63) is 47.5 Å². The summed E-state index contributed by atoms with van der Waals surface area (Å²) in [5, 5.41) is 44.6. The molecule has 0 spiro atoms. The Morgan fingerprint density at radius 1 is 0.848 bits per heavy atom. The molecule has 0 amide bonds. The smallest absolute Gasteiger partial charge is 0.870 e. The second-order valence-electron chi connectivity index (χ2n) is 9.16. The number of esters is 1. The van der Waals surface area contributed by atoms with Gasteiger partial charge >= 0.3 is 55.4 Å². The Balaban J connectivity index is 0.000000241. The quantitative estimate of drug-likeness (QED) is 0.0920. The number of anilines is 2. The van der Waals surface area contributed by atoms with Crippen LogP contribution in [-0.4, -0.2) is 73.8 Å². The maximum atomic E-state index is 11.6. The Morgan fingerprint density at radius 3 is 1.70 bits per heavy atom. The van der Waals surface area contributed by atoms with Gasteiger partial charge in [-0.25, -0.2) is 0 Å². The summed E-state index contributed by atoms with van der Waals surface area (Å²) in [6, 6.07) is 9.99. The third kappa shape index (κ3) is 8.94. The van der Waals surface area contributed by atoms with E-state index in [-0.39, 0.29) is 53.5 Å². The zero-order valence-electron chi connectivity index (χ0n) is 24.3. The van der Waals surface area contributed by atoms with Gasteiger partial charge in [-0.15, -0.1) is 10.2 Å². The first-order valence-corrected chi connectivity index (χ1v) is 14.6. The molecule has 2 unspecified atom stereocenters. The molecule has 2 aliphatic rings. The van der Waals surface area contributed by atoms with Crippen molar-refractivity contribution in [2.75, 3.05) is 18.1 Å². The van der Waals surface area contributed by atoms with Crippen LogP contribution in [0.4, 0.5) is 10.3 Å². The first-order chi connectivity index (χ1) is 21.1. The van der Waals surface area contributed by atoms with Gasteiger partial charge in [0.25, 0.3) is 0 Å². The van der Waals surface area contributed by atoms with Crippen molar-refractivity contribution < 1.29 is 72.6 Å². The minimum atomic E-state index is -1.17. The second kappa shape index (κ2) is 16.2. The minimum absolute atomic E-state index is 0. The number of nitrogens with zero attached hydrogens (tertiary/aromatic N) is 4. The normalized spacial score (nSPS) is 15.8. The number of carboxylic acids is 1. The van der Waals surface area contributed by atoms with E-state index in [9.17, 15) is 19.6 Å². The number of benzene rings is 2. The third-order valence-corrected chi connectivity index (χ3v) is 7.46. The number of hydrogen-bond donors (Lipinski definition) is 5. The first kappa shape index (κ1) is 36.7. The summed E-state index contributed by atoms with van der Waals surface area (Å²) in [6.07, 6.45) is -1.37. The predicted octanol–water partition coefficient (Wildman–Crippen LogP) is -2.40. The zero-order chi connectivity index (χ0) is 31.4. The van der Waals surface area contributed by atoms with Crippen molar-refractivity contribution in [1.29, 1.82) is 0 Å². The van der Waals surface area contributed by atoms with E-state index in [1.54, 1.807) is 43.3 Å². The van der Waals surface area contributed by atoms with Gasteiger partial charge in [-0.3, -0.25) is 9.59 Å². The Bertz CT molecular complexity index is 1670. The van der Waals surface area contributed by atoms with Crippen molar-refractivity contribution in [2.24, 2.45) is 0 Å². The molecule has 22 heteroatoms. The number of aliphatic carboxylic acids is 1. The summed E-state index contributed by atoms with van der Waals surface area (Å²) in [4.78, 5) is 22.4. The van der Waals surface area contributed by atoms with E-state index in [4.69, 9.17) is 40.1 Å². The SMILES string of the molecule is CCOC(=O)CC1OB(O)c2cc(Oc3nnc(N)s3)ccc21.Nc1nnc(Oc2ccc3c(c2)B(O)OC3CC(=O)O)s1.[Li+].[OH-]. The van der Waals surface area contributed by atoms with Gasteiger partial charge in [-0.2, -0.15) is 0 Å². The maximum absolute atomic E-state index is 11.6. The number of nitrogen functional groups attached to an aromatic ring is 2. The summed E-state index contributed by atoms with van der Waals surface area (Å²) in [5.74, 6) is -0.463. The van der Waals surface area contributed by atoms with Gasteiger partial charge < -0.3 is 55.6 Å². The van der Waals surface area contributed by atoms with Gasteiger partial charge in [0.2, 0.25) is 10.3 Å². The number of ether oxygens (including phenoxy) is 3. The molecule has 0 aliphatic carbocycles. The van der Waals surface area contributed by atoms with Crippen molar-refractivity contribution in [2.45, 2.75) is 32.0 Å². The van der Waals surface area contributed by atoms with E-state index in [1.807, 2.05) is 0 Å². The molecule has 2 aliphatic heterocycles. The fourth-order valence-electron chi connectivity index (χ4n) is 4.42. The Hall–Kier alpha value is -3.77.